The Balaban J connectivity index is 2.68. The van der Waals surface area contributed by atoms with Gasteiger partial charge in [-0.2, -0.15) is 5.10 Å². The van der Waals surface area contributed by atoms with E-state index in [1.807, 2.05) is 4.57 Å². The van der Waals surface area contributed by atoms with Gasteiger partial charge in [-0.25, -0.2) is 0 Å². The Bertz CT molecular complexity index is 566. The van der Waals surface area contributed by atoms with E-state index >= 15 is 0 Å². The summed E-state index contributed by atoms with van der Waals surface area (Å²) >= 11 is 5.19. The molecule has 0 saturated heterocycles. The highest BCUT2D eigenvalue weighted by Crippen LogP contribution is 2.23. The van der Waals surface area contributed by atoms with E-state index in [-0.39, 0.29) is 0 Å². The second-order valence-corrected chi connectivity index (χ2v) is 4.23. The summed E-state index contributed by atoms with van der Waals surface area (Å²) in [4.78, 5) is 0. The first kappa shape index (κ1) is 11.1. The summed E-state index contributed by atoms with van der Waals surface area (Å²) in [6.07, 6.45) is 0. The van der Waals surface area contributed by atoms with Gasteiger partial charge in [0.25, 0.3) is 0 Å². The lowest BCUT2D eigenvalue weighted by molar-refractivity contribution is 0.755. The largest absolute Gasteiger partial charge is 0.300 e. The Morgan fingerprint density at radius 3 is 2.81 bits per heavy atom. The Morgan fingerprint density at radius 1 is 1.38 bits per heavy atom. The second kappa shape index (κ2) is 4.22. The van der Waals surface area contributed by atoms with E-state index in [9.17, 15) is 0 Å². The Labute approximate surface area is 100 Å². The molecule has 84 valence electrons. The van der Waals surface area contributed by atoms with E-state index in [1.165, 1.54) is 11.1 Å². The first-order valence-electron chi connectivity index (χ1n) is 5.37. The molecule has 2 rings (SSSR count). The van der Waals surface area contributed by atoms with Gasteiger partial charge in [-0.1, -0.05) is 18.2 Å². The minimum Gasteiger partial charge on any atom is -0.300 e. The zero-order valence-corrected chi connectivity index (χ0v) is 10.6. The maximum absolute atomic E-state index is 5.19. The van der Waals surface area contributed by atoms with Crippen molar-refractivity contribution in [2.45, 2.75) is 27.3 Å². The number of nitrogens with one attached hydrogen (secondary N) is 1. The number of hydrogen-bond acceptors (Lipinski definition) is 2. The zero-order valence-electron chi connectivity index (χ0n) is 9.74. The van der Waals surface area contributed by atoms with Crippen molar-refractivity contribution in [3.8, 4) is 11.4 Å². The van der Waals surface area contributed by atoms with Crippen LogP contribution in [0, 0.1) is 18.6 Å². The third-order valence-corrected chi connectivity index (χ3v) is 3.23. The highest BCUT2D eigenvalue weighted by molar-refractivity contribution is 7.71. The molecule has 1 N–H and O–H groups in total. The standard InChI is InChI=1S/C12H15N3S/c1-4-15-11(13-14-12(15)16)10-7-5-6-8(2)9(10)3/h5-7H,4H2,1-3H3,(H,14,16). The maximum Gasteiger partial charge on any atom is 0.195 e. The SMILES string of the molecule is CCn1c(-c2cccc(C)c2C)n[nH]c1=S. The molecule has 1 aromatic carbocycles. The minimum atomic E-state index is 0.679. The molecule has 0 amide bonds. The van der Waals surface area contributed by atoms with Gasteiger partial charge in [0.1, 0.15) is 0 Å². The van der Waals surface area contributed by atoms with Gasteiger partial charge < -0.3 is 4.57 Å². The molecule has 0 radical (unpaired) electrons. The summed E-state index contributed by atoms with van der Waals surface area (Å²) in [7, 11) is 0. The van der Waals surface area contributed by atoms with Crippen LogP contribution in [0.15, 0.2) is 18.2 Å². The van der Waals surface area contributed by atoms with E-state index in [1.54, 1.807) is 0 Å². The van der Waals surface area contributed by atoms with Gasteiger partial charge in [-0.05, 0) is 44.1 Å². The summed E-state index contributed by atoms with van der Waals surface area (Å²) < 4.78 is 2.69. The van der Waals surface area contributed by atoms with Crippen molar-refractivity contribution in [3.63, 3.8) is 0 Å². The van der Waals surface area contributed by atoms with Crippen LogP contribution in [0.25, 0.3) is 11.4 Å². The van der Waals surface area contributed by atoms with E-state index in [0.717, 1.165) is 17.9 Å². The fraction of sp³-hybridized carbons (Fsp3) is 0.333. The summed E-state index contributed by atoms with van der Waals surface area (Å²) in [5.41, 5.74) is 3.68. The topological polar surface area (TPSA) is 33.6 Å². The van der Waals surface area contributed by atoms with Crippen LogP contribution >= 0.6 is 12.2 Å². The number of aromatic amines is 1. The van der Waals surface area contributed by atoms with Crippen LogP contribution in [-0.4, -0.2) is 14.8 Å². The van der Waals surface area contributed by atoms with Crippen molar-refractivity contribution < 1.29 is 0 Å². The molecule has 0 aliphatic carbocycles. The average molecular weight is 233 g/mol. The summed E-state index contributed by atoms with van der Waals surface area (Å²) in [6, 6.07) is 6.24. The number of aryl methyl sites for hydroxylation is 1. The lowest BCUT2D eigenvalue weighted by Gasteiger charge is -2.08. The molecule has 0 aliphatic rings. The fourth-order valence-corrected chi connectivity index (χ4v) is 2.07. The van der Waals surface area contributed by atoms with Crippen molar-refractivity contribution in [2.24, 2.45) is 0 Å². The molecule has 0 saturated carbocycles. The smallest absolute Gasteiger partial charge is 0.195 e. The molecule has 0 fully saturated rings. The van der Waals surface area contributed by atoms with Crippen molar-refractivity contribution in [1.82, 2.24) is 14.8 Å². The lowest BCUT2D eigenvalue weighted by Crippen LogP contribution is -1.99. The number of nitrogens with zero attached hydrogens (tertiary/aromatic N) is 2. The highest BCUT2D eigenvalue weighted by atomic mass is 32.1. The van der Waals surface area contributed by atoms with Crippen LogP contribution in [0.5, 0.6) is 0 Å². The monoisotopic (exact) mass is 233 g/mol. The van der Waals surface area contributed by atoms with Crippen molar-refractivity contribution in [2.75, 3.05) is 0 Å². The van der Waals surface area contributed by atoms with Gasteiger partial charge in [0.15, 0.2) is 10.6 Å². The molecule has 4 heteroatoms. The third kappa shape index (κ3) is 1.69. The Morgan fingerprint density at radius 2 is 2.12 bits per heavy atom. The summed E-state index contributed by atoms with van der Waals surface area (Å²) in [5.74, 6) is 0.925. The van der Waals surface area contributed by atoms with E-state index in [0.29, 0.717) is 4.77 Å². The third-order valence-electron chi connectivity index (χ3n) is 2.92. The number of hydrogen-bond donors (Lipinski definition) is 1. The Kier molecular flexibility index (Phi) is 2.92. The van der Waals surface area contributed by atoms with Crippen LogP contribution in [-0.2, 0) is 6.54 Å². The summed E-state index contributed by atoms with van der Waals surface area (Å²) in [5, 5.41) is 7.15. The summed E-state index contributed by atoms with van der Waals surface area (Å²) in [6.45, 7) is 7.12. The van der Waals surface area contributed by atoms with Gasteiger partial charge in [0.2, 0.25) is 0 Å². The van der Waals surface area contributed by atoms with Crippen molar-refractivity contribution in [1.29, 1.82) is 0 Å². The molecule has 2 aromatic rings. The molecule has 0 bridgehead atoms. The van der Waals surface area contributed by atoms with Crippen molar-refractivity contribution >= 4 is 12.2 Å². The molecule has 0 unspecified atom stereocenters. The van der Waals surface area contributed by atoms with Gasteiger partial charge in [0.05, 0.1) is 0 Å². The predicted molar refractivity (Wildman–Crippen MR) is 68.0 cm³/mol. The molecule has 3 nitrogen and oxygen atoms in total. The van der Waals surface area contributed by atoms with Crippen LogP contribution in [0.2, 0.25) is 0 Å². The molecule has 0 aliphatic heterocycles. The minimum absolute atomic E-state index is 0.679. The van der Waals surface area contributed by atoms with Crippen molar-refractivity contribution in [3.05, 3.63) is 34.1 Å². The molecule has 1 heterocycles. The van der Waals surface area contributed by atoms with Gasteiger partial charge in [0, 0.05) is 12.1 Å². The first-order valence-corrected chi connectivity index (χ1v) is 5.77. The Hall–Kier alpha value is -1.42. The van der Waals surface area contributed by atoms with Crippen LogP contribution in [0.3, 0.4) is 0 Å². The van der Waals surface area contributed by atoms with Crippen LogP contribution in [0.4, 0.5) is 0 Å². The number of benzene rings is 1. The van der Waals surface area contributed by atoms with E-state index in [4.69, 9.17) is 12.2 Å². The molecule has 16 heavy (non-hydrogen) atoms. The number of rotatable bonds is 2. The average Bonchev–Trinajstić information content (AvgIpc) is 2.63. The normalized spacial score (nSPS) is 10.7. The van der Waals surface area contributed by atoms with Gasteiger partial charge >= 0.3 is 0 Å². The number of H-pyrrole nitrogens is 1. The van der Waals surface area contributed by atoms with E-state index < -0.39 is 0 Å². The molecular weight excluding hydrogens is 218 g/mol. The number of aromatic nitrogens is 3. The molecule has 0 spiro atoms. The highest BCUT2D eigenvalue weighted by Gasteiger charge is 2.10. The quantitative estimate of drug-likeness (QED) is 0.808. The molecular formula is C12H15N3S. The van der Waals surface area contributed by atoms with Gasteiger partial charge in [-0.3, -0.25) is 5.10 Å². The maximum atomic E-state index is 5.19. The fourth-order valence-electron chi connectivity index (χ4n) is 1.81. The zero-order chi connectivity index (χ0) is 11.7. The first-order chi connectivity index (χ1) is 7.65. The second-order valence-electron chi connectivity index (χ2n) is 3.84. The van der Waals surface area contributed by atoms with E-state index in [2.05, 4.69) is 49.2 Å². The van der Waals surface area contributed by atoms with Crippen LogP contribution < -0.4 is 0 Å². The molecule has 1 aromatic heterocycles. The lowest BCUT2D eigenvalue weighted by atomic mass is 10.0. The molecule has 0 atom stereocenters. The van der Waals surface area contributed by atoms with Crippen LogP contribution in [0.1, 0.15) is 18.1 Å². The predicted octanol–water partition coefficient (Wildman–Crippen LogP) is 3.24. The van der Waals surface area contributed by atoms with Gasteiger partial charge in [-0.15, -0.1) is 0 Å².